The highest BCUT2D eigenvalue weighted by Crippen LogP contribution is 2.05. The van der Waals surface area contributed by atoms with Gasteiger partial charge in [-0.3, -0.25) is 4.79 Å². The van der Waals surface area contributed by atoms with Gasteiger partial charge in [0.15, 0.2) is 8.19 Å². The van der Waals surface area contributed by atoms with Crippen molar-refractivity contribution in [1.82, 2.24) is 0 Å². The van der Waals surface area contributed by atoms with Gasteiger partial charge in [0, 0.05) is 13.5 Å². The predicted octanol–water partition coefficient (Wildman–Crippen LogP) is 2.47. The van der Waals surface area contributed by atoms with Crippen molar-refractivity contribution in [2.75, 3.05) is 7.11 Å². The molecule has 0 aromatic carbocycles. The lowest BCUT2D eigenvalue weighted by Gasteiger charge is -2.17. The van der Waals surface area contributed by atoms with Crippen LogP contribution in [-0.2, 0) is 13.9 Å². The van der Waals surface area contributed by atoms with E-state index in [1.165, 1.54) is 12.8 Å². The first kappa shape index (κ1) is 14.7. The molecule has 0 bridgehead atoms. The minimum Gasteiger partial charge on any atom is -0.539 e. The first-order chi connectivity index (χ1) is 7.02. The zero-order chi connectivity index (χ0) is 11.7. The van der Waals surface area contributed by atoms with Crippen LogP contribution >= 0.6 is 0 Å². The summed E-state index contributed by atoms with van der Waals surface area (Å²) in [4.78, 5) is 11.3. The van der Waals surface area contributed by atoms with Crippen molar-refractivity contribution in [1.29, 1.82) is 0 Å². The molecule has 1 radical (unpaired) electrons. The van der Waals surface area contributed by atoms with Crippen LogP contribution in [0.3, 0.4) is 0 Å². The summed E-state index contributed by atoms with van der Waals surface area (Å²) in [6.07, 6.45) is 4.93. The second kappa shape index (κ2) is 7.93. The Kier molecular flexibility index (Phi) is 7.78. The molecule has 0 saturated carbocycles. The SMILES string of the molecule is CCCCCCC(=O)O[B][Si](C)(C)OC. The summed E-state index contributed by atoms with van der Waals surface area (Å²) in [5.41, 5.74) is 0. The molecule has 0 aliphatic carbocycles. The molecule has 0 unspecified atom stereocenters. The Bertz CT molecular complexity index is 186. The van der Waals surface area contributed by atoms with E-state index in [4.69, 9.17) is 9.08 Å². The van der Waals surface area contributed by atoms with E-state index in [0.717, 1.165) is 12.8 Å². The predicted molar refractivity (Wildman–Crippen MR) is 65.1 cm³/mol. The van der Waals surface area contributed by atoms with Gasteiger partial charge in [-0.05, 0) is 19.5 Å². The van der Waals surface area contributed by atoms with E-state index in [-0.39, 0.29) is 5.97 Å². The van der Waals surface area contributed by atoms with E-state index in [1.54, 1.807) is 14.2 Å². The lowest BCUT2D eigenvalue weighted by molar-refractivity contribution is -0.134. The standard InChI is InChI=1S/C10H22BO3Si/c1-5-6-7-8-9-10(12)14-11-15(3,4)13-2/h5-9H2,1-4H3. The number of hydrogen-bond donors (Lipinski definition) is 0. The average molecular weight is 229 g/mol. The molecule has 0 rings (SSSR count). The zero-order valence-corrected chi connectivity index (χ0v) is 11.3. The zero-order valence-electron chi connectivity index (χ0n) is 10.3. The maximum absolute atomic E-state index is 11.3. The second-order valence-corrected chi connectivity index (χ2v) is 8.08. The molecule has 0 aliphatic rings. The summed E-state index contributed by atoms with van der Waals surface area (Å²) < 4.78 is 10.3. The van der Waals surface area contributed by atoms with E-state index in [2.05, 4.69) is 6.92 Å². The Morgan fingerprint density at radius 3 is 2.47 bits per heavy atom. The minimum atomic E-state index is -1.86. The molecule has 0 atom stereocenters. The molecule has 0 amide bonds. The third-order valence-corrected chi connectivity index (χ3v) is 3.97. The van der Waals surface area contributed by atoms with Crippen LogP contribution in [0.1, 0.15) is 39.0 Å². The van der Waals surface area contributed by atoms with E-state index in [1.807, 2.05) is 13.1 Å². The van der Waals surface area contributed by atoms with Crippen LogP contribution < -0.4 is 0 Å². The molecule has 5 heteroatoms. The normalized spacial score (nSPS) is 11.2. The first-order valence-corrected chi connectivity index (χ1v) is 8.59. The molecule has 0 saturated heterocycles. The van der Waals surface area contributed by atoms with Gasteiger partial charge in [-0.15, -0.1) is 0 Å². The Morgan fingerprint density at radius 2 is 1.93 bits per heavy atom. The smallest absolute Gasteiger partial charge is 0.388 e. The summed E-state index contributed by atoms with van der Waals surface area (Å²) in [6.45, 7) is 6.12. The van der Waals surface area contributed by atoms with Gasteiger partial charge in [0.1, 0.15) is 0 Å². The quantitative estimate of drug-likeness (QED) is 0.473. The molecule has 0 aromatic heterocycles. The van der Waals surface area contributed by atoms with Crippen molar-refractivity contribution in [2.24, 2.45) is 0 Å². The van der Waals surface area contributed by atoms with Crippen LogP contribution in [0.15, 0.2) is 0 Å². The number of carbonyl (C=O) groups is 1. The number of unbranched alkanes of at least 4 members (excludes halogenated alkanes) is 3. The highest BCUT2D eigenvalue weighted by Gasteiger charge is 2.26. The fourth-order valence-corrected chi connectivity index (χ4v) is 1.52. The van der Waals surface area contributed by atoms with Crippen LogP contribution in [-0.4, -0.2) is 28.3 Å². The average Bonchev–Trinajstić information content (AvgIpc) is 2.22. The Balaban J connectivity index is 3.49. The Morgan fingerprint density at radius 1 is 1.27 bits per heavy atom. The fraction of sp³-hybridized carbons (Fsp3) is 0.900. The van der Waals surface area contributed by atoms with Crippen LogP contribution in [0.4, 0.5) is 0 Å². The summed E-state index contributed by atoms with van der Waals surface area (Å²) in [7, 11) is 1.38. The molecule has 87 valence electrons. The van der Waals surface area contributed by atoms with Gasteiger partial charge in [0.05, 0.1) is 0 Å². The maximum Gasteiger partial charge on any atom is 0.388 e. The fourth-order valence-electron chi connectivity index (χ4n) is 1.01. The van der Waals surface area contributed by atoms with Gasteiger partial charge in [-0.25, -0.2) is 0 Å². The third kappa shape index (κ3) is 8.69. The van der Waals surface area contributed by atoms with E-state index < -0.39 is 8.19 Å². The Labute approximate surface area is 94.9 Å². The molecule has 3 nitrogen and oxygen atoms in total. The lowest BCUT2D eigenvalue weighted by Crippen LogP contribution is -2.40. The van der Waals surface area contributed by atoms with Crippen molar-refractivity contribution in [2.45, 2.75) is 52.1 Å². The van der Waals surface area contributed by atoms with Crippen LogP contribution in [0, 0.1) is 0 Å². The van der Waals surface area contributed by atoms with E-state index in [9.17, 15) is 4.79 Å². The summed E-state index contributed by atoms with van der Waals surface area (Å²) in [6, 6.07) is 0. The second-order valence-electron chi connectivity index (χ2n) is 4.23. The highest BCUT2D eigenvalue weighted by atomic mass is 28.3. The largest absolute Gasteiger partial charge is 0.539 e. The Hall–Kier alpha value is -0.288. The van der Waals surface area contributed by atoms with Crippen molar-refractivity contribution in [3.8, 4) is 0 Å². The molecular formula is C10H22BO3Si. The molecule has 0 aliphatic heterocycles. The number of rotatable bonds is 8. The molecule has 15 heavy (non-hydrogen) atoms. The summed E-state index contributed by atoms with van der Waals surface area (Å²) in [5.74, 6) is -0.135. The maximum atomic E-state index is 11.3. The number of hydrogen-bond acceptors (Lipinski definition) is 3. The molecule has 0 N–H and O–H groups in total. The molecule has 0 spiro atoms. The van der Waals surface area contributed by atoms with E-state index in [0.29, 0.717) is 6.42 Å². The third-order valence-electron chi connectivity index (χ3n) is 2.23. The van der Waals surface area contributed by atoms with Crippen LogP contribution in [0.25, 0.3) is 0 Å². The van der Waals surface area contributed by atoms with Crippen molar-refractivity contribution < 1.29 is 13.9 Å². The monoisotopic (exact) mass is 229 g/mol. The van der Waals surface area contributed by atoms with Crippen LogP contribution in [0.5, 0.6) is 0 Å². The summed E-state index contributed by atoms with van der Waals surface area (Å²) >= 11 is 0. The topological polar surface area (TPSA) is 35.5 Å². The molecular weight excluding hydrogens is 207 g/mol. The van der Waals surface area contributed by atoms with Crippen molar-refractivity contribution in [3.63, 3.8) is 0 Å². The van der Waals surface area contributed by atoms with Gasteiger partial charge >= 0.3 is 7.07 Å². The number of carbonyl (C=O) groups excluding carboxylic acids is 1. The van der Waals surface area contributed by atoms with Gasteiger partial charge < -0.3 is 9.08 Å². The van der Waals surface area contributed by atoms with E-state index >= 15 is 0 Å². The minimum absolute atomic E-state index is 0.135. The molecule has 0 heterocycles. The van der Waals surface area contributed by atoms with Gasteiger partial charge in [-0.1, -0.05) is 26.2 Å². The lowest BCUT2D eigenvalue weighted by atomic mass is 10.1. The summed E-state index contributed by atoms with van der Waals surface area (Å²) in [5, 5.41) is 0. The van der Waals surface area contributed by atoms with Crippen LogP contribution in [0.2, 0.25) is 13.1 Å². The van der Waals surface area contributed by atoms with Crippen molar-refractivity contribution in [3.05, 3.63) is 0 Å². The van der Waals surface area contributed by atoms with Crippen molar-refractivity contribution >= 4 is 21.2 Å². The van der Waals surface area contributed by atoms with Gasteiger partial charge in [0.25, 0.3) is 5.97 Å². The highest BCUT2D eigenvalue weighted by molar-refractivity contribution is 7.18. The van der Waals surface area contributed by atoms with Gasteiger partial charge in [-0.2, -0.15) is 0 Å². The molecule has 0 fully saturated rings. The molecule has 0 aromatic rings. The van der Waals surface area contributed by atoms with Gasteiger partial charge in [0.2, 0.25) is 0 Å². The first-order valence-electron chi connectivity index (χ1n) is 5.61.